The van der Waals surface area contributed by atoms with E-state index in [0.29, 0.717) is 12.1 Å². The molecule has 2 saturated heterocycles. The van der Waals surface area contributed by atoms with Crippen molar-refractivity contribution in [2.75, 3.05) is 52.4 Å². The SMILES string of the molecule is CC(C)N1CCOC(CN2CCN(C(C)(C)C#N)CC2)C1. The molecule has 2 fully saturated rings. The Morgan fingerprint density at radius 2 is 1.86 bits per heavy atom. The van der Waals surface area contributed by atoms with E-state index in [1.54, 1.807) is 0 Å². The molecule has 0 saturated carbocycles. The molecule has 0 amide bonds. The minimum atomic E-state index is -0.345. The average molecular weight is 294 g/mol. The molecule has 2 aliphatic rings. The molecule has 1 atom stereocenters. The molecule has 5 heteroatoms. The quantitative estimate of drug-likeness (QED) is 0.774. The Bertz CT molecular complexity index is 369. The number of ether oxygens (including phenoxy) is 1. The lowest BCUT2D eigenvalue weighted by Crippen LogP contribution is -2.56. The molecule has 2 aliphatic heterocycles. The second-order valence-electron chi connectivity index (χ2n) is 7.04. The third-order valence-electron chi connectivity index (χ3n) is 4.80. The summed E-state index contributed by atoms with van der Waals surface area (Å²) in [5.41, 5.74) is -0.345. The largest absolute Gasteiger partial charge is 0.374 e. The van der Waals surface area contributed by atoms with Gasteiger partial charge in [-0.15, -0.1) is 0 Å². The molecule has 1 unspecified atom stereocenters. The number of nitriles is 1. The molecule has 120 valence electrons. The molecular weight excluding hydrogens is 264 g/mol. The van der Waals surface area contributed by atoms with Crippen LogP contribution in [0.2, 0.25) is 0 Å². The zero-order valence-corrected chi connectivity index (χ0v) is 14.0. The Hall–Kier alpha value is -0.670. The third kappa shape index (κ3) is 4.40. The van der Waals surface area contributed by atoms with Gasteiger partial charge in [0.15, 0.2) is 0 Å². The minimum absolute atomic E-state index is 0.330. The fourth-order valence-electron chi connectivity index (χ4n) is 3.17. The molecule has 0 aliphatic carbocycles. The summed E-state index contributed by atoms with van der Waals surface area (Å²) in [6.07, 6.45) is 0.330. The van der Waals surface area contributed by atoms with E-state index in [0.717, 1.165) is 52.4 Å². The van der Waals surface area contributed by atoms with Crippen molar-refractivity contribution in [3.05, 3.63) is 0 Å². The van der Waals surface area contributed by atoms with Crippen molar-refractivity contribution in [2.24, 2.45) is 0 Å². The zero-order valence-electron chi connectivity index (χ0n) is 14.0. The van der Waals surface area contributed by atoms with Crippen LogP contribution in [0, 0.1) is 11.3 Å². The van der Waals surface area contributed by atoms with Crippen LogP contribution in [0.25, 0.3) is 0 Å². The fourth-order valence-corrected chi connectivity index (χ4v) is 3.17. The zero-order chi connectivity index (χ0) is 15.5. The molecule has 0 N–H and O–H groups in total. The van der Waals surface area contributed by atoms with Crippen molar-refractivity contribution in [3.8, 4) is 6.07 Å². The van der Waals surface area contributed by atoms with Crippen LogP contribution < -0.4 is 0 Å². The molecule has 0 spiro atoms. The van der Waals surface area contributed by atoms with Crippen molar-refractivity contribution in [1.82, 2.24) is 14.7 Å². The molecule has 2 heterocycles. The molecule has 0 radical (unpaired) electrons. The van der Waals surface area contributed by atoms with Crippen LogP contribution in [0.3, 0.4) is 0 Å². The van der Waals surface area contributed by atoms with Crippen LogP contribution >= 0.6 is 0 Å². The monoisotopic (exact) mass is 294 g/mol. The van der Waals surface area contributed by atoms with Crippen LogP contribution in [0.5, 0.6) is 0 Å². The lowest BCUT2D eigenvalue weighted by Gasteiger charge is -2.43. The summed E-state index contributed by atoms with van der Waals surface area (Å²) in [6.45, 7) is 16.5. The van der Waals surface area contributed by atoms with E-state index in [1.807, 2.05) is 13.8 Å². The highest BCUT2D eigenvalue weighted by Crippen LogP contribution is 2.17. The van der Waals surface area contributed by atoms with E-state index in [-0.39, 0.29) is 5.54 Å². The predicted octanol–water partition coefficient (Wildman–Crippen LogP) is 1.02. The van der Waals surface area contributed by atoms with Gasteiger partial charge >= 0.3 is 0 Å². The Labute approximate surface area is 129 Å². The Balaban J connectivity index is 1.77. The third-order valence-corrected chi connectivity index (χ3v) is 4.80. The molecule has 0 aromatic rings. The first kappa shape index (κ1) is 16.7. The van der Waals surface area contributed by atoms with E-state index in [2.05, 4.69) is 34.6 Å². The predicted molar refractivity (Wildman–Crippen MR) is 84.2 cm³/mol. The van der Waals surface area contributed by atoms with Gasteiger partial charge in [0.1, 0.15) is 5.54 Å². The van der Waals surface area contributed by atoms with E-state index in [4.69, 9.17) is 4.74 Å². The molecule has 0 aromatic carbocycles. The number of piperazine rings is 1. The van der Waals surface area contributed by atoms with Gasteiger partial charge in [-0.3, -0.25) is 14.7 Å². The van der Waals surface area contributed by atoms with Gasteiger partial charge in [0.05, 0.1) is 18.8 Å². The number of hydrogen-bond acceptors (Lipinski definition) is 5. The molecule has 5 nitrogen and oxygen atoms in total. The molecule has 0 aromatic heterocycles. The van der Waals surface area contributed by atoms with Crippen LogP contribution in [0.15, 0.2) is 0 Å². The lowest BCUT2D eigenvalue weighted by atomic mass is 10.0. The second kappa shape index (κ2) is 7.06. The number of rotatable bonds is 4. The maximum Gasteiger partial charge on any atom is 0.103 e. The van der Waals surface area contributed by atoms with Gasteiger partial charge in [0.25, 0.3) is 0 Å². The van der Waals surface area contributed by atoms with Gasteiger partial charge in [-0.2, -0.15) is 5.26 Å². The Morgan fingerprint density at radius 1 is 1.19 bits per heavy atom. The molecule has 0 bridgehead atoms. The highest BCUT2D eigenvalue weighted by Gasteiger charge is 2.31. The lowest BCUT2D eigenvalue weighted by molar-refractivity contribution is -0.0583. The van der Waals surface area contributed by atoms with E-state index < -0.39 is 0 Å². The highest BCUT2D eigenvalue weighted by molar-refractivity contribution is 5.02. The van der Waals surface area contributed by atoms with Crippen LogP contribution in [-0.4, -0.2) is 84.8 Å². The normalized spacial score (nSPS) is 27.0. The van der Waals surface area contributed by atoms with E-state index in [1.165, 1.54) is 0 Å². The number of morpholine rings is 1. The maximum absolute atomic E-state index is 9.22. The van der Waals surface area contributed by atoms with E-state index in [9.17, 15) is 5.26 Å². The van der Waals surface area contributed by atoms with Crippen molar-refractivity contribution in [2.45, 2.75) is 45.4 Å². The fraction of sp³-hybridized carbons (Fsp3) is 0.938. The maximum atomic E-state index is 9.22. The molecular formula is C16H30N4O. The van der Waals surface area contributed by atoms with Gasteiger partial charge in [0, 0.05) is 51.9 Å². The summed E-state index contributed by atoms with van der Waals surface area (Å²) < 4.78 is 5.93. The summed E-state index contributed by atoms with van der Waals surface area (Å²) in [5, 5.41) is 9.22. The smallest absolute Gasteiger partial charge is 0.103 e. The van der Waals surface area contributed by atoms with Gasteiger partial charge in [-0.25, -0.2) is 0 Å². The van der Waals surface area contributed by atoms with Crippen molar-refractivity contribution in [1.29, 1.82) is 5.26 Å². The first-order valence-corrected chi connectivity index (χ1v) is 8.16. The van der Waals surface area contributed by atoms with E-state index >= 15 is 0 Å². The first-order valence-electron chi connectivity index (χ1n) is 8.16. The van der Waals surface area contributed by atoms with Crippen LogP contribution in [0.1, 0.15) is 27.7 Å². The molecule has 21 heavy (non-hydrogen) atoms. The van der Waals surface area contributed by atoms with Crippen LogP contribution in [0.4, 0.5) is 0 Å². The topological polar surface area (TPSA) is 42.7 Å². The van der Waals surface area contributed by atoms with Crippen LogP contribution in [-0.2, 0) is 4.74 Å². The first-order chi connectivity index (χ1) is 9.92. The number of hydrogen-bond donors (Lipinski definition) is 0. The standard InChI is InChI=1S/C16H30N4O/c1-14(2)19-9-10-21-15(12-19)11-18-5-7-20(8-6-18)16(3,4)13-17/h14-15H,5-12H2,1-4H3. The van der Waals surface area contributed by atoms with Gasteiger partial charge in [-0.1, -0.05) is 0 Å². The van der Waals surface area contributed by atoms with Crippen molar-refractivity contribution in [3.63, 3.8) is 0 Å². The summed E-state index contributed by atoms with van der Waals surface area (Å²) in [6, 6.07) is 3.00. The summed E-state index contributed by atoms with van der Waals surface area (Å²) in [4.78, 5) is 7.27. The molecule has 2 rings (SSSR count). The van der Waals surface area contributed by atoms with Gasteiger partial charge < -0.3 is 4.74 Å². The minimum Gasteiger partial charge on any atom is -0.374 e. The highest BCUT2D eigenvalue weighted by atomic mass is 16.5. The van der Waals surface area contributed by atoms with Gasteiger partial charge in [-0.05, 0) is 27.7 Å². The van der Waals surface area contributed by atoms with Crippen molar-refractivity contribution >= 4 is 0 Å². The number of nitrogens with zero attached hydrogens (tertiary/aromatic N) is 4. The summed E-state index contributed by atoms with van der Waals surface area (Å²) >= 11 is 0. The Morgan fingerprint density at radius 3 is 2.43 bits per heavy atom. The summed E-state index contributed by atoms with van der Waals surface area (Å²) in [7, 11) is 0. The van der Waals surface area contributed by atoms with Gasteiger partial charge in [0.2, 0.25) is 0 Å². The average Bonchev–Trinajstić information content (AvgIpc) is 2.48. The van der Waals surface area contributed by atoms with Crippen molar-refractivity contribution < 1.29 is 4.74 Å². The Kier molecular flexibility index (Phi) is 5.61. The summed E-state index contributed by atoms with van der Waals surface area (Å²) in [5.74, 6) is 0. The second-order valence-corrected chi connectivity index (χ2v) is 7.04.